The molecule has 2 rings (SSSR count). The van der Waals surface area contributed by atoms with Gasteiger partial charge in [-0.25, -0.2) is 0 Å². The van der Waals surface area contributed by atoms with Gasteiger partial charge in [0.15, 0.2) is 11.5 Å². The van der Waals surface area contributed by atoms with Crippen molar-refractivity contribution in [1.82, 2.24) is 0 Å². The number of rotatable bonds is 5. The summed E-state index contributed by atoms with van der Waals surface area (Å²) >= 11 is 5.15. The van der Waals surface area contributed by atoms with Crippen LogP contribution in [0, 0.1) is 0 Å². The number of nitrogen functional groups attached to an aromatic ring is 1. The summed E-state index contributed by atoms with van der Waals surface area (Å²) in [5.41, 5.74) is 7.92. The molecule has 0 fully saturated rings. The molecule has 0 bridgehead atoms. The summed E-state index contributed by atoms with van der Waals surface area (Å²) in [4.78, 5) is 1.06. The molecule has 5 heteroatoms. The summed E-state index contributed by atoms with van der Waals surface area (Å²) in [6, 6.07) is 11.8. The van der Waals surface area contributed by atoms with E-state index in [-0.39, 0.29) is 0 Å². The van der Waals surface area contributed by atoms with E-state index in [1.807, 2.05) is 36.4 Å². The Morgan fingerprint density at radius 2 is 1.80 bits per heavy atom. The molecule has 0 amide bonds. The highest BCUT2D eigenvalue weighted by molar-refractivity contribution is 9.10. The van der Waals surface area contributed by atoms with E-state index in [9.17, 15) is 0 Å². The Morgan fingerprint density at radius 3 is 2.50 bits per heavy atom. The van der Waals surface area contributed by atoms with Crippen molar-refractivity contribution in [1.29, 1.82) is 0 Å². The lowest BCUT2D eigenvalue weighted by atomic mass is 10.2. The fourth-order valence-electron chi connectivity index (χ4n) is 1.76. The molecule has 0 atom stereocenters. The van der Waals surface area contributed by atoms with E-state index >= 15 is 0 Å². The number of benzene rings is 2. The lowest BCUT2D eigenvalue weighted by Gasteiger charge is -2.10. The summed E-state index contributed by atoms with van der Waals surface area (Å²) < 4.78 is 11.6. The predicted octanol–water partition coefficient (Wildman–Crippen LogP) is 4.34. The lowest BCUT2D eigenvalue weighted by Crippen LogP contribution is -1.92. The summed E-state index contributed by atoms with van der Waals surface area (Å²) in [5, 5.41) is 0. The molecule has 2 N–H and O–H groups in total. The normalized spacial score (nSPS) is 10.3. The molecule has 0 aromatic heterocycles. The molecular weight excluding hydrogens is 338 g/mol. The molecular formula is C15H16BrNO2S. The number of ether oxygens (including phenoxy) is 2. The number of hydrogen-bond acceptors (Lipinski definition) is 4. The van der Waals surface area contributed by atoms with Gasteiger partial charge >= 0.3 is 0 Å². The highest BCUT2D eigenvalue weighted by Crippen LogP contribution is 2.33. The van der Waals surface area contributed by atoms with Gasteiger partial charge in [-0.15, -0.1) is 11.8 Å². The SMILES string of the molecule is COc1ccc(CSc2cc(Br)ccc2N)cc1OC. The maximum Gasteiger partial charge on any atom is 0.161 e. The van der Waals surface area contributed by atoms with Crippen LogP contribution in [0.4, 0.5) is 5.69 Å². The molecule has 0 radical (unpaired) electrons. The van der Waals surface area contributed by atoms with Gasteiger partial charge in [0.05, 0.1) is 14.2 Å². The van der Waals surface area contributed by atoms with E-state index in [0.29, 0.717) is 0 Å². The van der Waals surface area contributed by atoms with E-state index in [1.165, 1.54) is 0 Å². The third kappa shape index (κ3) is 3.61. The molecule has 20 heavy (non-hydrogen) atoms. The second-order valence-corrected chi connectivity index (χ2v) is 6.09. The van der Waals surface area contributed by atoms with Crippen LogP contribution in [0.3, 0.4) is 0 Å². The molecule has 3 nitrogen and oxygen atoms in total. The van der Waals surface area contributed by atoms with Crippen LogP contribution in [0.1, 0.15) is 5.56 Å². The van der Waals surface area contributed by atoms with Crippen LogP contribution < -0.4 is 15.2 Å². The van der Waals surface area contributed by atoms with E-state index < -0.39 is 0 Å². The standard InChI is InChI=1S/C15H16BrNO2S/c1-18-13-6-3-10(7-14(13)19-2)9-20-15-8-11(16)4-5-12(15)17/h3-8H,9,17H2,1-2H3. The van der Waals surface area contributed by atoms with Crippen molar-refractivity contribution in [3.63, 3.8) is 0 Å². The first-order valence-corrected chi connectivity index (χ1v) is 7.80. The number of methoxy groups -OCH3 is 2. The van der Waals surface area contributed by atoms with Crippen molar-refractivity contribution in [2.75, 3.05) is 20.0 Å². The van der Waals surface area contributed by atoms with Crippen LogP contribution in [0.2, 0.25) is 0 Å². The van der Waals surface area contributed by atoms with E-state index in [1.54, 1.807) is 26.0 Å². The Kier molecular flexibility index (Phi) is 5.20. The molecule has 106 valence electrons. The molecule has 2 aromatic rings. The molecule has 0 saturated carbocycles. The third-order valence-corrected chi connectivity index (χ3v) is 4.45. The Hall–Kier alpha value is -1.33. The minimum atomic E-state index is 0.739. The number of thioether (sulfide) groups is 1. The second kappa shape index (κ2) is 6.90. The van der Waals surface area contributed by atoms with Gasteiger partial charge in [-0.3, -0.25) is 0 Å². The lowest BCUT2D eigenvalue weighted by molar-refractivity contribution is 0.354. The maximum absolute atomic E-state index is 5.97. The van der Waals surface area contributed by atoms with Gasteiger partial charge < -0.3 is 15.2 Å². The van der Waals surface area contributed by atoms with Gasteiger partial charge in [-0.05, 0) is 35.9 Å². The van der Waals surface area contributed by atoms with Crippen molar-refractivity contribution in [2.24, 2.45) is 0 Å². The van der Waals surface area contributed by atoms with Crippen molar-refractivity contribution >= 4 is 33.4 Å². The molecule has 0 heterocycles. The smallest absolute Gasteiger partial charge is 0.161 e. The molecule has 0 aliphatic carbocycles. The van der Waals surface area contributed by atoms with Gasteiger partial charge in [0.1, 0.15) is 0 Å². The summed E-state index contributed by atoms with van der Waals surface area (Å²) in [6.07, 6.45) is 0. The number of anilines is 1. The molecule has 0 spiro atoms. The quantitative estimate of drug-likeness (QED) is 0.641. The van der Waals surface area contributed by atoms with Crippen LogP contribution in [0.15, 0.2) is 45.8 Å². The Balaban J connectivity index is 2.12. The fraction of sp³-hybridized carbons (Fsp3) is 0.200. The molecule has 0 saturated heterocycles. The van der Waals surface area contributed by atoms with Crippen LogP contribution in [0.5, 0.6) is 11.5 Å². The van der Waals surface area contributed by atoms with E-state index in [0.717, 1.165) is 37.9 Å². The van der Waals surface area contributed by atoms with Gasteiger partial charge in [0.25, 0.3) is 0 Å². The second-order valence-electron chi connectivity index (χ2n) is 4.16. The Labute approximate surface area is 131 Å². The average molecular weight is 354 g/mol. The van der Waals surface area contributed by atoms with Crippen LogP contribution in [0.25, 0.3) is 0 Å². The first kappa shape index (κ1) is 15.1. The van der Waals surface area contributed by atoms with Gasteiger partial charge in [-0.1, -0.05) is 22.0 Å². The third-order valence-electron chi connectivity index (χ3n) is 2.82. The van der Waals surface area contributed by atoms with Gasteiger partial charge in [0, 0.05) is 20.8 Å². The van der Waals surface area contributed by atoms with Crippen LogP contribution in [-0.4, -0.2) is 14.2 Å². The first-order valence-electron chi connectivity index (χ1n) is 6.02. The predicted molar refractivity (Wildman–Crippen MR) is 87.7 cm³/mol. The largest absolute Gasteiger partial charge is 0.493 e. The molecule has 0 aliphatic rings. The van der Waals surface area contributed by atoms with E-state index in [2.05, 4.69) is 15.9 Å². The van der Waals surface area contributed by atoms with Crippen molar-refractivity contribution in [2.45, 2.75) is 10.6 Å². The van der Waals surface area contributed by atoms with Gasteiger partial charge in [0.2, 0.25) is 0 Å². The minimum Gasteiger partial charge on any atom is -0.493 e. The topological polar surface area (TPSA) is 44.5 Å². The number of halogens is 1. The van der Waals surface area contributed by atoms with Crippen molar-refractivity contribution in [3.8, 4) is 11.5 Å². The fourth-order valence-corrected chi connectivity index (χ4v) is 3.22. The highest BCUT2D eigenvalue weighted by Gasteiger charge is 2.06. The minimum absolute atomic E-state index is 0.739. The highest BCUT2D eigenvalue weighted by atomic mass is 79.9. The van der Waals surface area contributed by atoms with Crippen molar-refractivity contribution in [3.05, 3.63) is 46.4 Å². The summed E-state index contributed by atoms with van der Waals surface area (Å²) in [7, 11) is 3.27. The zero-order valence-corrected chi connectivity index (χ0v) is 13.8. The van der Waals surface area contributed by atoms with Gasteiger partial charge in [-0.2, -0.15) is 0 Å². The average Bonchev–Trinajstić information content (AvgIpc) is 2.47. The number of nitrogens with two attached hydrogens (primary N) is 1. The van der Waals surface area contributed by atoms with E-state index in [4.69, 9.17) is 15.2 Å². The number of hydrogen-bond donors (Lipinski definition) is 1. The first-order chi connectivity index (χ1) is 9.63. The summed E-state index contributed by atoms with van der Waals surface area (Å²) in [5.74, 6) is 2.30. The molecule has 2 aromatic carbocycles. The molecule has 0 unspecified atom stereocenters. The van der Waals surface area contributed by atoms with Crippen molar-refractivity contribution < 1.29 is 9.47 Å². The molecule has 0 aliphatic heterocycles. The monoisotopic (exact) mass is 353 g/mol. The van der Waals surface area contributed by atoms with Crippen LogP contribution in [-0.2, 0) is 5.75 Å². The maximum atomic E-state index is 5.97. The zero-order chi connectivity index (χ0) is 14.5. The van der Waals surface area contributed by atoms with Crippen LogP contribution >= 0.6 is 27.7 Å². The summed E-state index contributed by atoms with van der Waals surface area (Å²) in [6.45, 7) is 0. The Morgan fingerprint density at radius 1 is 1.05 bits per heavy atom. The zero-order valence-electron chi connectivity index (χ0n) is 11.4. The Bertz CT molecular complexity index is 604.